The fourth-order valence-electron chi connectivity index (χ4n) is 4.47. The minimum absolute atomic E-state index is 0.00185. The predicted molar refractivity (Wildman–Crippen MR) is 129 cm³/mol. The quantitative estimate of drug-likeness (QED) is 0.535. The number of carboxylic acid groups (broad SMARTS) is 1. The molecule has 1 unspecified atom stereocenters. The number of benzene rings is 2. The number of aliphatic carboxylic acids is 1. The highest BCUT2D eigenvalue weighted by atomic mass is 35.5. The summed E-state index contributed by atoms with van der Waals surface area (Å²) in [4.78, 5) is 13.2. The normalized spacial score (nSPS) is 17.8. The van der Waals surface area contributed by atoms with Crippen molar-refractivity contribution in [3.63, 3.8) is 0 Å². The van der Waals surface area contributed by atoms with Crippen LogP contribution in [0.2, 0.25) is 5.02 Å². The van der Waals surface area contributed by atoms with Gasteiger partial charge >= 0.3 is 5.97 Å². The molecule has 2 aromatic carbocycles. The van der Waals surface area contributed by atoms with Crippen molar-refractivity contribution in [2.45, 2.75) is 46.1 Å². The van der Waals surface area contributed by atoms with E-state index in [-0.39, 0.29) is 5.41 Å². The summed E-state index contributed by atoms with van der Waals surface area (Å²) in [5, 5.41) is 10.0. The maximum atomic E-state index is 11.3. The van der Waals surface area contributed by atoms with Crippen LogP contribution in [0.3, 0.4) is 0 Å². The number of rotatable bonds is 8. The van der Waals surface area contributed by atoms with Gasteiger partial charge in [-0.3, -0.25) is 0 Å². The molecule has 0 spiro atoms. The number of hydrogen-bond donors (Lipinski definition) is 1. The van der Waals surface area contributed by atoms with Gasteiger partial charge in [-0.15, -0.1) is 0 Å². The first-order chi connectivity index (χ1) is 15.2. The Labute approximate surface area is 195 Å². The smallest absolute Gasteiger partial charge is 0.330 e. The second kappa shape index (κ2) is 9.03. The standard InChI is InChI=1S/C27H30ClNO3/c1-18-21(16-29-13-12-25(29)26(30)31)7-6-20-14-23(10-11-24(18)20)32-17-27(2,3)15-19-4-8-22(28)9-5-19/h4-5,8-14,25H,6-7,15-17H2,1-3H3,(H,30,31). The molecular weight excluding hydrogens is 422 g/mol. The topological polar surface area (TPSA) is 49.8 Å². The minimum Gasteiger partial charge on any atom is -0.493 e. The number of halogens is 1. The molecule has 0 bridgehead atoms. The maximum absolute atomic E-state index is 11.3. The molecule has 1 heterocycles. The van der Waals surface area contributed by atoms with Gasteiger partial charge in [-0.25, -0.2) is 4.79 Å². The van der Waals surface area contributed by atoms with E-state index in [0.29, 0.717) is 13.2 Å². The lowest BCUT2D eigenvalue weighted by Gasteiger charge is -2.35. The molecule has 1 aliphatic heterocycles. The summed E-state index contributed by atoms with van der Waals surface area (Å²) in [6.45, 7) is 7.88. The fraction of sp³-hybridized carbons (Fsp3) is 0.370. The van der Waals surface area contributed by atoms with Crippen molar-refractivity contribution in [2.24, 2.45) is 5.41 Å². The molecule has 168 valence electrons. The summed E-state index contributed by atoms with van der Waals surface area (Å²) in [5.74, 6) is 0.114. The van der Waals surface area contributed by atoms with Crippen molar-refractivity contribution in [1.29, 1.82) is 0 Å². The van der Waals surface area contributed by atoms with Crippen LogP contribution in [0.5, 0.6) is 5.75 Å². The summed E-state index contributed by atoms with van der Waals surface area (Å²) < 4.78 is 6.20. The van der Waals surface area contributed by atoms with Gasteiger partial charge in [0.1, 0.15) is 11.8 Å². The molecule has 1 aliphatic carbocycles. The van der Waals surface area contributed by atoms with Gasteiger partial charge in [0.2, 0.25) is 0 Å². The van der Waals surface area contributed by atoms with Gasteiger partial charge in [-0.2, -0.15) is 0 Å². The zero-order valence-corrected chi connectivity index (χ0v) is 19.7. The molecule has 32 heavy (non-hydrogen) atoms. The molecule has 2 aliphatic rings. The Morgan fingerprint density at radius 3 is 2.59 bits per heavy atom. The molecule has 0 fully saturated rings. The van der Waals surface area contributed by atoms with Crippen LogP contribution in [0.4, 0.5) is 0 Å². The number of hydrogen-bond acceptors (Lipinski definition) is 3. The van der Waals surface area contributed by atoms with Crippen molar-refractivity contribution in [2.75, 3.05) is 13.2 Å². The number of carbonyl (C=O) groups is 1. The third kappa shape index (κ3) is 5.02. The molecule has 1 N–H and O–H groups in total. The Kier molecular flexibility index (Phi) is 6.34. The molecule has 4 nitrogen and oxygen atoms in total. The van der Waals surface area contributed by atoms with Crippen LogP contribution in [-0.2, 0) is 17.6 Å². The molecule has 5 heteroatoms. The highest BCUT2D eigenvalue weighted by molar-refractivity contribution is 6.30. The molecule has 0 aromatic heterocycles. The summed E-state index contributed by atoms with van der Waals surface area (Å²) in [6, 6.07) is 13.9. The van der Waals surface area contributed by atoms with Gasteiger partial charge in [0, 0.05) is 17.0 Å². The predicted octanol–water partition coefficient (Wildman–Crippen LogP) is 5.99. The second-order valence-corrected chi connectivity index (χ2v) is 10.0. The third-order valence-electron chi connectivity index (χ3n) is 6.38. The zero-order chi connectivity index (χ0) is 22.9. The maximum Gasteiger partial charge on any atom is 0.330 e. The Hall–Kier alpha value is -2.72. The van der Waals surface area contributed by atoms with Crippen molar-refractivity contribution >= 4 is 23.1 Å². The van der Waals surface area contributed by atoms with Crippen LogP contribution in [0.15, 0.2) is 60.3 Å². The number of allylic oxidation sites excluding steroid dienone is 1. The van der Waals surface area contributed by atoms with E-state index < -0.39 is 12.0 Å². The summed E-state index contributed by atoms with van der Waals surface area (Å²) in [6.07, 6.45) is 6.41. The lowest BCUT2D eigenvalue weighted by atomic mass is 9.85. The number of carboxylic acids is 1. The van der Waals surface area contributed by atoms with Crippen molar-refractivity contribution < 1.29 is 14.6 Å². The van der Waals surface area contributed by atoms with E-state index in [1.807, 2.05) is 29.3 Å². The van der Waals surface area contributed by atoms with Crippen molar-refractivity contribution in [1.82, 2.24) is 4.90 Å². The molecule has 0 radical (unpaired) electrons. The fourth-order valence-corrected chi connectivity index (χ4v) is 4.59. The largest absolute Gasteiger partial charge is 0.493 e. The lowest BCUT2D eigenvalue weighted by molar-refractivity contribution is -0.141. The van der Waals surface area contributed by atoms with Crippen LogP contribution in [-0.4, -0.2) is 35.2 Å². The van der Waals surface area contributed by atoms with Gasteiger partial charge in [0.15, 0.2) is 0 Å². The first kappa shape index (κ1) is 22.5. The van der Waals surface area contributed by atoms with E-state index in [4.69, 9.17) is 16.3 Å². The van der Waals surface area contributed by atoms with Crippen LogP contribution in [0, 0.1) is 5.41 Å². The van der Waals surface area contributed by atoms with E-state index in [2.05, 4.69) is 45.0 Å². The Morgan fingerprint density at radius 1 is 1.19 bits per heavy atom. The summed E-state index contributed by atoms with van der Waals surface area (Å²) >= 11 is 6.00. The Bertz CT molecular complexity index is 1070. The molecule has 0 saturated carbocycles. The van der Waals surface area contributed by atoms with Crippen LogP contribution < -0.4 is 4.74 Å². The van der Waals surface area contributed by atoms with Gasteiger partial charge in [0.25, 0.3) is 0 Å². The van der Waals surface area contributed by atoms with Crippen LogP contribution >= 0.6 is 11.6 Å². The van der Waals surface area contributed by atoms with Crippen molar-refractivity contribution in [3.8, 4) is 5.75 Å². The first-order valence-corrected chi connectivity index (χ1v) is 11.5. The second-order valence-electron chi connectivity index (χ2n) is 9.60. The highest BCUT2D eigenvalue weighted by Crippen LogP contribution is 2.35. The minimum atomic E-state index is -0.789. The average molecular weight is 452 g/mol. The monoisotopic (exact) mass is 451 g/mol. The number of aryl methyl sites for hydroxylation is 1. The lowest BCUT2D eigenvalue weighted by Crippen LogP contribution is -2.43. The Balaban J connectivity index is 1.40. The molecule has 4 rings (SSSR count). The van der Waals surface area contributed by atoms with Gasteiger partial charge in [-0.05, 0) is 90.6 Å². The molecular formula is C27H30ClNO3. The molecule has 1 atom stereocenters. The zero-order valence-electron chi connectivity index (χ0n) is 18.9. The SMILES string of the molecule is CC1=C(CN2C=CC2C(=O)O)CCc2cc(OCC(C)(C)Cc3ccc(Cl)cc3)ccc21. The van der Waals surface area contributed by atoms with Crippen molar-refractivity contribution in [3.05, 3.63) is 82.0 Å². The van der Waals surface area contributed by atoms with Gasteiger partial charge in [-0.1, -0.05) is 43.6 Å². The molecule has 2 aromatic rings. The van der Waals surface area contributed by atoms with Gasteiger partial charge in [0.05, 0.1) is 6.61 Å². The van der Waals surface area contributed by atoms with E-state index in [9.17, 15) is 9.90 Å². The highest BCUT2D eigenvalue weighted by Gasteiger charge is 2.29. The number of nitrogens with zero attached hydrogens (tertiary/aromatic N) is 1. The van der Waals surface area contributed by atoms with E-state index in [1.54, 1.807) is 6.08 Å². The van der Waals surface area contributed by atoms with E-state index >= 15 is 0 Å². The summed E-state index contributed by atoms with van der Waals surface area (Å²) in [5.41, 5.74) is 6.36. The Morgan fingerprint density at radius 2 is 1.94 bits per heavy atom. The van der Waals surface area contributed by atoms with Crippen LogP contribution in [0.25, 0.3) is 5.57 Å². The number of ether oxygens (including phenoxy) is 1. The number of fused-ring (bicyclic) bond motifs is 1. The first-order valence-electron chi connectivity index (χ1n) is 11.1. The van der Waals surface area contributed by atoms with Crippen LogP contribution in [0.1, 0.15) is 43.9 Å². The van der Waals surface area contributed by atoms with E-state index in [0.717, 1.165) is 30.0 Å². The molecule has 0 saturated heterocycles. The van der Waals surface area contributed by atoms with Gasteiger partial charge < -0.3 is 14.7 Å². The summed E-state index contributed by atoms with van der Waals surface area (Å²) in [7, 11) is 0. The third-order valence-corrected chi connectivity index (χ3v) is 6.63. The van der Waals surface area contributed by atoms with E-state index in [1.165, 1.54) is 27.8 Å². The average Bonchev–Trinajstić information content (AvgIpc) is 2.72. The molecule has 0 amide bonds.